The van der Waals surface area contributed by atoms with Gasteiger partial charge >= 0.3 is 7.60 Å². The third kappa shape index (κ3) is 7.34. The van der Waals surface area contributed by atoms with E-state index in [0.717, 1.165) is 36.6 Å². The molecule has 1 aromatic rings. The number of likely N-dealkylation sites (tertiary alicyclic amines) is 1. The van der Waals surface area contributed by atoms with Crippen LogP contribution in [0, 0.1) is 5.92 Å². The number of hydroxylamine groups is 2. The number of nitrogens with zero attached hydrogens (tertiary/aromatic N) is 4. The van der Waals surface area contributed by atoms with E-state index in [1.165, 1.54) is 4.90 Å². The molecule has 0 saturated carbocycles. The molecule has 13 heteroatoms. The van der Waals surface area contributed by atoms with E-state index < -0.39 is 38.0 Å². The highest BCUT2D eigenvalue weighted by Gasteiger charge is 2.54. The van der Waals surface area contributed by atoms with Crippen molar-refractivity contribution in [1.29, 1.82) is 0 Å². The number of carbonyl (C=O) groups excluding carboxylic acids is 3. The molecule has 1 aromatic carbocycles. The second kappa shape index (κ2) is 13.9. The first-order chi connectivity index (χ1) is 20.0. The number of phenols is 1. The van der Waals surface area contributed by atoms with Gasteiger partial charge in [0.05, 0.1) is 19.8 Å². The average molecular weight is 609 g/mol. The molecular formula is C29H45N4O8P. The first-order valence-electron chi connectivity index (χ1n) is 14.9. The van der Waals surface area contributed by atoms with Gasteiger partial charge in [-0.15, -0.1) is 0 Å². The van der Waals surface area contributed by atoms with Crippen molar-refractivity contribution in [3.8, 4) is 5.75 Å². The van der Waals surface area contributed by atoms with Gasteiger partial charge in [0.15, 0.2) is 12.3 Å². The fourth-order valence-electron chi connectivity index (χ4n) is 6.01. The molecule has 0 bridgehead atoms. The molecule has 12 nitrogen and oxygen atoms in total. The van der Waals surface area contributed by atoms with Gasteiger partial charge in [-0.2, -0.15) is 5.06 Å². The molecule has 0 radical (unpaired) electrons. The van der Waals surface area contributed by atoms with E-state index in [1.807, 2.05) is 20.9 Å². The van der Waals surface area contributed by atoms with Crippen LogP contribution in [0.3, 0.4) is 0 Å². The van der Waals surface area contributed by atoms with Gasteiger partial charge in [0.1, 0.15) is 18.0 Å². The van der Waals surface area contributed by atoms with Crippen LogP contribution in [0.5, 0.6) is 5.75 Å². The van der Waals surface area contributed by atoms with E-state index >= 15 is 0 Å². The van der Waals surface area contributed by atoms with Gasteiger partial charge < -0.3 is 28.9 Å². The number of fused-ring (bicyclic) bond motifs is 1. The zero-order chi connectivity index (χ0) is 30.6. The Morgan fingerprint density at radius 1 is 1.07 bits per heavy atom. The van der Waals surface area contributed by atoms with Crippen LogP contribution in [0.1, 0.15) is 52.5 Å². The maximum atomic E-state index is 14.2. The minimum Gasteiger partial charge on any atom is -0.508 e. The number of hydrogen-bond acceptors (Lipinski definition) is 9. The van der Waals surface area contributed by atoms with Crippen LogP contribution in [0.25, 0.3) is 0 Å². The zero-order valence-electron chi connectivity index (χ0n) is 25.3. The number of hydrogen-bond donors (Lipinski definition) is 1. The third-order valence-corrected chi connectivity index (χ3v) is 9.99. The Morgan fingerprint density at radius 3 is 2.26 bits per heavy atom. The minimum atomic E-state index is -3.77. The van der Waals surface area contributed by atoms with E-state index in [0.29, 0.717) is 6.42 Å². The molecular weight excluding hydrogens is 563 g/mol. The van der Waals surface area contributed by atoms with E-state index in [2.05, 4.69) is 4.90 Å². The predicted octanol–water partition coefficient (Wildman–Crippen LogP) is 2.85. The van der Waals surface area contributed by atoms with E-state index in [1.54, 1.807) is 43.0 Å². The number of aromatic hydroxyl groups is 1. The Balaban J connectivity index is 1.73. The lowest BCUT2D eigenvalue weighted by atomic mass is 9.94. The molecule has 234 valence electrons. The number of rotatable bonds is 11. The smallest absolute Gasteiger partial charge is 0.340 e. The van der Waals surface area contributed by atoms with Crippen LogP contribution in [0.15, 0.2) is 24.3 Å². The maximum Gasteiger partial charge on any atom is 0.340 e. The number of phenolic OH excluding ortho intramolecular Hbond substituents is 1. The highest BCUT2D eigenvalue weighted by molar-refractivity contribution is 7.54. The number of benzene rings is 1. The fraction of sp³-hybridized carbons (Fsp3) is 0.690. The lowest BCUT2D eigenvalue weighted by Crippen LogP contribution is -2.75. The van der Waals surface area contributed by atoms with Gasteiger partial charge in [-0.25, -0.2) is 0 Å². The van der Waals surface area contributed by atoms with Crippen molar-refractivity contribution in [1.82, 2.24) is 19.8 Å². The molecule has 0 aliphatic carbocycles. The van der Waals surface area contributed by atoms with Gasteiger partial charge in [-0.05, 0) is 76.9 Å². The van der Waals surface area contributed by atoms with E-state index in [4.69, 9.17) is 13.9 Å². The Bertz CT molecular complexity index is 1150. The summed E-state index contributed by atoms with van der Waals surface area (Å²) in [6.07, 6.45) is -0.381. The maximum absolute atomic E-state index is 14.2. The summed E-state index contributed by atoms with van der Waals surface area (Å²) in [4.78, 5) is 53.7. The van der Waals surface area contributed by atoms with Crippen molar-refractivity contribution >= 4 is 25.3 Å². The fourth-order valence-corrected chi connectivity index (χ4v) is 7.52. The van der Waals surface area contributed by atoms with Crippen molar-refractivity contribution in [3.63, 3.8) is 0 Å². The molecule has 3 atom stereocenters. The summed E-state index contributed by atoms with van der Waals surface area (Å²) in [5.41, 5.74) is 0.768. The van der Waals surface area contributed by atoms with Crippen LogP contribution in [0.4, 0.5) is 0 Å². The molecule has 0 aromatic heterocycles. The standard InChI is InChI=1S/C29H45N4O8P/c1-6-39-42(38,40-7-2)19-27(35)33-26-18-31(22-12-14-30(5)15-13-22)28(36)24(17-21-8-10-23(34)11-9-21)32(26)29(37)25(41-33)16-20(3)4/h8-11,20,22,24-26,34H,6-7,12-19H2,1-5H3/t24-,25+,26-/m0/s1. The van der Waals surface area contributed by atoms with Gasteiger partial charge in [-0.1, -0.05) is 26.0 Å². The van der Waals surface area contributed by atoms with Gasteiger partial charge in [0, 0.05) is 12.5 Å². The summed E-state index contributed by atoms with van der Waals surface area (Å²) < 4.78 is 24.1. The summed E-state index contributed by atoms with van der Waals surface area (Å²) >= 11 is 0. The lowest BCUT2D eigenvalue weighted by Gasteiger charge is -2.55. The molecule has 3 heterocycles. The Labute approximate surface area is 248 Å². The first-order valence-corrected chi connectivity index (χ1v) is 16.6. The van der Waals surface area contributed by atoms with Crippen molar-refractivity contribution in [2.75, 3.05) is 46.1 Å². The molecule has 3 fully saturated rings. The van der Waals surface area contributed by atoms with Crippen LogP contribution >= 0.6 is 7.60 Å². The number of piperazine rings is 1. The van der Waals surface area contributed by atoms with Crippen LogP contribution < -0.4 is 0 Å². The lowest BCUT2D eigenvalue weighted by molar-refractivity contribution is -0.276. The molecule has 0 spiro atoms. The summed E-state index contributed by atoms with van der Waals surface area (Å²) in [5, 5.41) is 11.0. The average Bonchev–Trinajstić information content (AvgIpc) is 2.93. The van der Waals surface area contributed by atoms with E-state index in [9.17, 15) is 24.1 Å². The minimum absolute atomic E-state index is 0.0587. The normalized spacial score (nSPS) is 24.4. The van der Waals surface area contributed by atoms with Crippen LogP contribution in [0.2, 0.25) is 0 Å². The van der Waals surface area contributed by atoms with E-state index in [-0.39, 0.29) is 55.7 Å². The SMILES string of the molecule is CCOP(=O)(CC(=O)N1O[C@H](CC(C)C)C(=O)N2[C@@H]1CN(C1CCN(C)CC1)C(=O)[C@@H]2Cc1ccc(O)cc1)OCC. The van der Waals surface area contributed by atoms with Crippen LogP contribution in [-0.2, 0) is 39.3 Å². The Morgan fingerprint density at radius 2 is 1.69 bits per heavy atom. The summed E-state index contributed by atoms with van der Waals surface area (Å²) in [6.45, 7) is 9.18. The van der Waals surface area contributed by atoms with Gasteiger partial charge in [0.2, 0.25) is 5.91 Å². The number of carbonyl (C=O) groups is 3. The molecule has 3 saturated heterocycles. The van der Waals surface area contributed by atoms with Crippen molar-refractivity contribution < 1.29 is 37.9 Å². The topological polar surface area (TPSA) is 129 Å². The Kier molecular flexibility index (Phi) is 10.7. The molecule has 4 rings (SSSR count). The Hall–Kier alpha value is -2.50. The summed E-state index contributed by atoms with van der Waals surface area (Å²) in [5.74, 6) is -0.983. The quantitative estimate of drug-likeness (QED) is 0.377. The second-order valence-corrected chi connectivity index (χ2v) is 13.7. The molecule has 3 aliphatic heterocycles. The monoisotopic (exact) mass is 608 g/mol. The molecule has 3 amide bonds. The number of piperidine rings is 1. The largest absolute Gasteiger partial charge is 0.508 e. The molecule has 0 unspecified atom stereocenters. The predicted molar refractivity (Wildman–Crippen MR) is 155 cm³/mol. The second-order valence-electron chi connectivity index (χ2n) is 11.7. The first kappa shape index (κ1) is 32.4. The summed E-state index contributed by atoms with van der Waals surface area (Å²) in [7, 11) is -1.73. The highest BCUT2D eigenvalue weighted by Crippen LogP contribution is 2.48. The van der Waals surface area contributed by atoms with Gasteiger partial charge in [-0.3, -0.25) is 23.8 Å². The zero-order valence-corrected chi connectivity index (χ0v) is 26.2. The number of amides is 3. The molecule has 3 aliphatic rings. The van der Waals surface area contributed by atoms with Crippen molar-refractivity contribution in [2.45, 2.75) is 77.7 Å². The highest BCUT2D eigenvalue weighted by atomic mass is 31.2. The van der Waals surface area contributed by atoms with Gasteiger partial charge in [0.25, 0.3) is 11.8 Å². The van der Waals surface area contributed by atoms with Crippen molar-refractivity contribution in [3.05, 3.63) is 29.8 Å². The molecule has 1 N–H and O–H groups in total. The van der Waals surface area contributed by atoms with Crippen LogP contribution in [-0.4, -0.2) is 113 Å². The van der Waals surface area contributed by atoms with Crippen molar-refractivity contribution in [2.24, 2.45) is 5.92 Å². The molecule has 42 heavy (non-hydrogen) atoms. The summed E-state index contributed by atoms with van der Waals surface area (Å²) in [6, 6.07) is 5.60. The third-order valence-electron chi connectivity index (χ3n) is 8.03.